The maximum absolute atomic E-state index is 10.9. The Morgan fingerprint density at radius 2 is 2.31 bits per heavy atom. The zero-order valence-electron chi connectivity index (χ0n) is 8.50. The van der Waals surface area contributed by atoms with E-state index in [-0.39, 0.29) is 11.8 Å². The molecule has 1 amide bonds. The third-order valence-corrected chi connectivity index (χ3v) is 1.81. The van der Waals surface area contributed by atoms with Crippen LogP contribution in [0, 0.1) is 17.2 Å². The van der Waals surface area contributed by atoms with Crippen LogP contribution in [0.25, 0.3) is 0 Å². The SMILES string of the molecule is CNC(=O)CCN(C)CC(C)C#N. The monoisotopic (exact) mass is 183 g/mol. The van der Waals surface area contributed by atoms with Gasteiger partial charge in [0, 0.05) is 26.6 Å². The van der Waals surface area contributed by atoms with Crippen molar-refractivity contribution in [2.75, 3.05) is 27.2 Å². The normalized spacial score (nSPS) is 12.2. The summed E-state index contributed by atoms with van der Waals surface area (Å²) in [4.78, 5) is 12.9. The molecule has 13 heavy (non-hydrogen) atoms. The van der Waals surface area contributed by atoms with Gasteiger partial charge in [-0.05, 0) is 14.0 Å². The highest BCUT2D eigenvalue weighted by Gasteiger charge is 2.06. The van der Waals surface area contributed by atoms with Crippen LogP contribution in [0.5, 0.6) is 0 Å². The summed E-state index contributed by atoms with van der Waals surface area (Å²) in [6.07, 6.45) is 0.491. The van der Waals surface area contributed by atoms with Crippen LogP contribution in [0.3, 0.4) is 0 Å². The predicted octanol–water partition coefficient (Wildman–Crippen LogP) is 0.214. The molecule has 4 heteroatoms. The lowest BCUT2D eigenvalue weighted by Crippen LogP contribution is -2.29. The largest absolute Gasteiger partial charge is 0.359 e. The van der Waals surface area contributed by atoms with Gasteiger partial charge in [0.2, 0.25) is 5.91 Å². The van der Waals surface area contributed by atoms with Gasteiger partial charge in [-0.25, -0.2) is 0 Å². The number of carbonyl (C=O) groups is 1. The van der Waals surface area contributed by atoms with Gasteiger partial charge in [0.05, 0.1) is 12.0 Å². The van der Waals surface area contributed by atoms with Crippen LogP contribution in [0.15, 0.2) is 0 Å². The number of carbonyl (C=O) groups excluding carboxylic acids is 1. The molecule has 0 aromatic rings. The molecule has 0 aliphatic carbocycles. The van der Waals surface area contributed by atoms with Gasteiger partial charge in [-0.15, -0.1) is 0 Å². The molecule has 74 valence electrons. The van der Waals surface area contributed by atoms with Crippen LogP contribution in [0.1, 0.15) is 13.3 Å². The minimum Gasteiger partial charge on any atom is -0.359 e. The summed E-state index contributed by atoms with van der Waals surface area (Å²) in [5.41, 5.74) is 0. The van der Waals surface area contributed by atoms with Gasteiger partial charge in [-0.1, -0.05) is 0 Å². The molecule has 4 nitrogen and oxygen atoms in total. The molecule has 0 aliphatic rings. The Hall–Kier alpha value is -1.08. The van der Waals surface area contributed by atoms with E-state index in [9.17, 15) is 4.79 Å². The van der Waals surface area contributed by atoms with Gasteiger partial charge >= 0.3 is 0 Å². The summed E-state index contributed by atoms with van der Waals surface area (Å²) >= 11 is 0. The van der Waals surface area contributed by atoms with Crippen LogP contribution in [-0.4, -0.2) is 38.0 Å². The Labute approximate surface area is 79.5 Å². The molecule has 0 fully saturated rings. The fourth-order valence-corrected chi connectivity index (χ4v) is 1.02. The van der Waals surface area contributed by atoms with Crippen molar-refractivity contribution in [2.24, 2.45) is 5.92 Å². The van der Waals surface area contributed by atoms with Crippen LogP contribution in [0.4, 0.5) is 0 Å². The Morgan fingerprint density at radius 1 is 1.69 bits per heavy atom. The Bertz CT molecular complexity index is 198. The van der Waals surface area contributed by atoms with Crippen molar-refractivity contribution < 1.29 is 4.79 Å². The van der Waals surface area contributed by atoms with Crippen molar-refractivity contribution >= 4 is 5.91 Å². The lowest BCUT2D eigenvalue weighted by Gasteiger charge is -2.16. The van der Waals surface area contributed by atoms with E-state index in [1.165, 1.54) is 0 Å². The van der Waals surface area contributed by atoms with Crippen LogP contribution in [0.2, 0.25) is 0 Å². The highest BCUT2D eigenvalue weighted by Crippen LogP contribution is 1.96. The number of rotatable bonds is 5. The minimum absolute atomic E-state index is 0.0229. The Morgan fingerprint density at radius 3 is 2.77 bits per heavy atom. The van der Waals surface area contributed by atoms with E-state index < -0.39 is 0 Å². The number of hydrogen-bond donors (Lipinski definition) is 1. The molecule has 1 unspecified atom stereocenters. The van der Waals surface area contributed by atoms with Gasteiger partial charge in [-0.3, -0.25) is 4.79 Å². The third kappa shape index (κ3) is 6.12. The van der Waals surface area contributed by atoms with Gasteiger partial charge in [0.15, 0.2) is 0 Å². The van der Waals surface area contributed by atoms with Crippen molar-refractivity contribution in [3.8, 4) is 6.07 Å². The zero-order valence-corrected chi connectivity index (χ0v) is 8.50. The second-order valence-corrected chi connectivity index (χ2v) is 3.22. The van der Waals surface area contributed by atoms with Gasteiger partial charge in [0.1, 0.15) is 0 Å². The van der Waals surface area contributed by atoms with E-state index >= 15 is 0 Å². The molecule has 0 radical (unpaired) electrons. The van der Waals surface area contributed by atoms with Crippen molar-refractivity contribution in [2.45, 2.75) is 13.3 Å². The van der Waals surface area contributed by atoms with Crippen LogP contribution >= 0.6 is 0 Å². The molecule has 0 saturated carbocycles. The van der Waals surface area contributed by atoms with Gasteiger partial charge in [0.25, 0.3) is 0 Å². The maximum atomic E-state index is 10.9. The first-order valence-electron chi connectivity index (χ1n) is 4.39. The average Bonchev–Trinajstić information content (AvgIpc) is 2.13. The molecule has 0 rings (SSSR count). The summed E-state index contributed by atoms with van der Waals surface area (Å²) in [7, 11) is 3.54. The van der Waals surface area contributed by atoms with Crippen LogP contribution in [-0.2, 0) is 4.79 Å². The highest BCUT2D eigenvalue weighted by molar-refractivity contribution is 5.75. The number of hydrogen-bond acceptors (Lipinski definition) is 3. The first kappa shape index (κ1) is 11.9. The molecule has 0 bridgehead atoms. The molecule has 1 N–H and O–H groups in total. The van der Waals surface area contributed by atoms with E-state index in [4.69, 9.17) is 5.26 Å². The number of nitriles is 1. The van der Waals surface area contributed by atoms with Gasteiger partial charge in [-0.2, -0.15) is 5.26 Å². The highest BCUT2D eigenvalue weighted by atomic mass is 16.1. The Balaban J connectivity index is 3.58. The molecule has 0 heterocycles. The molecular weight excluding hydrogens is 166 g/mol. The smallest absolute Gasteiger partial charge is 0.221 e. The fraction of sp³-hybridized carbons (Fsp3) is 0.778. The van der Waals surface area contributed by atoms with Gasteiger partial charge < -0.3 is 10.2 Å². The van der Waals surface area contributed by atoms with Crippen molar-refractivity contribution in [1.82, 2.24) is 10.2 Å². The second kappa shape index (κ2) is 6.44. The zero-order chi connectivity index (χ0) is 10.3. The molecule has 0 aromatic carbocycles. The van der Waals surface area contributed by atoms with Crippen molar-refractivity contribution in [3.05, 3.63) is 0 Å². The molecule has 0 saturated heterocycles. The van der Waals surface area contributed by atoms with E-state index in [2.05, 4.69) is 11.4 Å². The summed E-state index contributed by atoms with van der Waals surface area (Å²) in [6.45, 7) is 3.29. The average molecular weight is 183 g/mol. The Kier molecular flexibility index (Phi) is 5.90. The number of amides is 1. The van der Waals surface area contributed by atoms with E-state index in [0.717, 1.165) is 0 Å². The molecule has 0 aromatic heterocycles. The summed E-state index contributed by atoms with van der Waals surface area (Å²) < 4.78 is 0. The summed E-state index contributed by atoms with van der Waals surface area (Å²) in [6, 6.07) is 2.16. The lowest BCUT2D eigenvalue weighted by molar-refractivity contribution is -0.120. The molecule has 0 aliphatic heterocycles. The number of nitrogens with zero attached hydrogens (tertiary/aromatic N) is 2. The quantitative estimate of drug-likeness (QED) is 0.663. The molecular formula is C9H17N3O. The molecule has 0 spiro atoms. The third-order valence-electron chi connectivity index (χ3n) is 1.81. The first-order valence-corrected chi connectivity index (χ1v) is 4.39. The fourth-order valence-electron chi connectivity index (χ4n) is 1.02. The minimum atomic E-state index is 0.0229. The maximum Gasteiger partial charge on any atom is 0.221 e. The lowest BCUT2D eigenvalue weighted by atomic mass is 10.2. The van der Waals surface area contributed by atoms with Crippen molar-refractivity contribution in [1.29, 1.82) is 5.26 Å². The standard InChI is InChI=1S/C9H17N3O/c1-8(6-10)7-12(3)5-4-9(13)11-2/h8H,4-5,7H2,1-3H3,(H,11,13). The predicted molar refractivity (Wildman–Crippen MR) is 51.0 cm³/mol. The van der Waals surface area contributed by atoms with E-state index in [1.54, 1.807) is 7.05 Å². The van der Waals surface area contributed by atoms with Crippen molar-refractivity contribution in [3.63, 3.8) is 0 Å². The number of nitrogens with one attached hydrogen (secondary N) is 1. The first-order chi connectivity index (χ1) is 6.10. The van der Waals surface area contributed by atoms with E-state index in [1.807, 2.05) is 18.9 Å². The summed E-state index contributed by atoms with van der Waals surface area (Å²) in [5.74, 6) is 0.0612. The second-order valence-electron chi connectivity index (χ2n) is 3.22. The summed E-state index contributed by atoms with van der Waals surface area (Å²) in [5, 5.41) is 11.1. The van der Waals surface area contributed by atoms with Crippen LogP contribution < -0.4 is 5.32 Å². The molecule has 1 atom stereocenters. The van der Waals surface area contributed by atoms with E-state index in [0.29, 0.717) is 19.5 Å². The topological polar surface area (TPSA) is 56.1 Å².